The van der Waals surface area contributed by atoms with Crippen molar-refractivity contribution in [3.8, 4) is 17.2 Å². The number of ketones is 1. The van der Waals surface area contributed by atoms with Gasteiger partial charge in [0.15, 0.2) is 5.82 Å². The lowest BCUT2D eigenvalue weighted by Gasteiger charge is -2.24. The number of Topliss-reactive ketones (excluding diaryl/α,β-unsaturated/α-hetero) is 1. The summed E-state index contributed by atoms with van der Waals surface area (Å²) in [7, 11) is 2.98. The van der Waals surface area contributed by atoms with Gasteiger partial charge in [-0.3, -0.25) is 14.5 Å². The molecule has 1 aliphatic rings. The van der Waals surface area contributed by atoms with Crippen LogP contribution >= 0.6 is 0 Å². The first-order valence-corrected chi connectivity index (χ1v) is 10.6. The van der Waals surface area contributed by atoms with Crippen LogP contribution in [-0.4, -0.2) is 42.8 Å². The number of methoxy groups -OCH3 is 2. The quantitative estimate of drug-likeness (QED) is 0.317. The van der Waals surface area contributed by atoms with Crippen molar-refractivity contribution < 1.29 is 33.4 Å². The number of carbonyl (C=O) groups is 2. The van der Waals surface area contributed by atoms with Crippen molar-refractivity contribution in [3.63, 3.8) is 0 Å². The molecule has 3 aromatic rings. The van der Waals surface area contributed by atoms with Crippen LogP contribution < -0.4 is 19.1 Å². The molecule has 2 aromatic carbocycles. The molecule has 1 fully saturated rings. The summed E-state index contributed by atoms with van der Waals surface area (Å²) in [6.07, 6.45) is 0. The lowest BCUT2D eigenvalue weighted by Crippen LogP contribution is -2.30. The van der Waals surface area contributed by atoms with E-state index < -0.39 is 17.7 Å². The fraction of sp³-hybridized carbons (Fsp3) is 0.240. The number of aryl methyl sites for hydroxylation is 1. The van der Waals surface area contributed by atoms with E-state index in [4.69, 9.17) is 18.7 Å². The van der Waals surface area contributed by atoms with Crippen LogP contribution in [0.2, 0.25) is 0 Å². The van der Waals surface area contributed by atoms with E-state index in [2.05, 4.69) is 5.16 Å². The van der Waals surface area contributed by atoms with Gasteiger partial charge in [-0.2, -0.15) is 0 Å². The van der Waals surface area contributed by atoms with Crippen molar-refractivity contribution in [2.24, 2.45) is 0 Å². The van der Waals surface area contributed by atoms with Gasteiger partial charge < -0.3 is 23.8 Å². The van der Waals surface area contributed by atoms with Gasteiger partial charge in [0.25, 0.3) is 5.78 Å². The van der Waals surface area contributed by atoms with E-state index in [1.165, 1.54) is 19.1 Å². The van der Waals surface area contributed by atoms with Gasteiger partial charge in [-0.15, -0.1) is 0 Å². The molecule has 9 nitrogen and oxygen atoms in total. The molecular weight excluding hydrogens is 440 g/mol. The monoisotopic (exact) mass is 464 g/mol. The molecule has 0 unspecified atom stereocenters. The minimum Gasteiger partial charge on any atom is -0.507 e. The minimum absolute atomic E-state index is 0.110. The van der Waals surface area contributed by atoms with Crippen LogP contribution in [0.5, 0.6) is 17.2 Å². The molecule has 1 saturated heterocycles. The molecule has 9 heteroatoms. The lowest BCUT2D eigenvalue weighted by atomic mass is 9.94. The average Bonchev–Trinajstić information content (AvgIpc) is 3.39. The first-order valence-electron chi connectivity index (χ1n) is 10.6. The molecule has 0 saturated carbocycles. The number of aromatic nitrogens is 1. The molecule has 2 heterocycles. The van der Waals surface area contributed by atoms with Crippen molar-refractivity contribution in [3.05, 3.63) is 71.0 Å². The normalized spacial score (nSPS) is 17.2. The van der Waals surface area contributed by atoms with Gasteiger partial charge in [-0.1, -0.05) is 5.16 Å². The summed E-state index contributed by atoms with van der Waals surface area (Å²) < 4.78 is 21.5. The smallest absolute Gasteiger partial charge is 0.301 e. The molecule has 4 rings (SSSR count). The van der Waals surface area contributed by atoms with Gasteiger partial charge in [0.2, 0.25) is 0 Å². The van der Waals surface area contributed by atoms with Gasteiger partial charge >= 0.3 is 5.91 Å². The fourth-order valence-electron chi connectivity index (χ4n) is 3.91. The second-order valence-electron chi connectivity index (χ2n) is 7.53. The average molecular weight is 464 g/mol. The SMILES string of the molecule is CCOc1ccc(/C(O)=C2\C(=O)C(=O)N(c3cc(C)on3)[C@@H]2c2cc(OC)ccc2OC)cc1. The van der Waals surface area contributed by atoms with Crippen molar-refractivity contribution >= 4 is 23.3 Å². The summed E-state index contributed by atoms with van der Waals surface area (Å²) in [5.41, 5.74) is 0.681. The van der Waals surface area contributed by atoms with Crippen LogP contribution in [0.15, 0.2) is 58.6 Å². The van der Waals surface area contributed by atoms with E-state index in [1.807, 2.05) is 6.92 Å². The molecule has 1 N–H and O–H groups in total. The zero-order valence-electron chi connectivity index (χ0n) is 19.2. The maximum absolute atomic E-state index is 13.3. The number of aliphatic hydroxyl groups excluding tert-OH is 1. The second kappa shape index (κ2) is 9.30. The number of rotatable bonds is 7. The highest BCUT2D eigenvalue weighted by Crippen LogP contribution is 2.45. The summed E-state index contributed by atoms with van der Waals surface area (Å²) in [6.45, 7) is 4.03. The topological polar surface area (TPSA) is 111 Å². The Hall–Kier alpha value is -4.27. The lowest BCUT2D eigenvalue weighted by molar-refractivity contribution is -0.132. The van der Waals surface area contributed by atoms with Crippen LogP contribution in [-0.2, 0) is 9.59 Å². The Bertz CT molecular complexity index is 1260. The Morgan fingerprint density at radius 2 is 1.76 bits per heavy atom. The highest BCUT2D eigenvalue weighted by molar-refractivity contribution is 6.51. The molecule has 0 radical (unpaired) electrons. The standard InChI is InChI=1S/C25H24N2O7/c1-5-33-16-8-6-15(7-9-16)23(28)21-22(18-13-17(31-3)10-11-19(18)32-4)27(25(30)24(21)29)20-12-14(2)34-26-20/h6-13,22,28H,5H2,1-4H3/b23-21+/t22-/m1/s1. The maximum Gasteiger partial charge on any atom is 0.301 e. The largest absolute Gasteiger partial charge is 0.507 e. The molecule has 0 bridgehead atoms. The number of ether oxygens (including phenoxy) is 3. The zero-order chi connectivity index (χ0) is 24.4. The number of anilines is 1. The molecular formula is C25H24N2O7. The first kappa shape index (κ1) is 22.9. The number of aliphatic hydroxyl groups is 1. The summed E-state index contributed by atoms with van der Waals surface area (Å²) in [6, 6.07) is 12.1. The van der Waals surface area contributed by atoms with E-state index in [-0.39, 0.29) is 17.2 Å². The van der Waals surface area contributed by atoms with Crippen LogP contribution in [0.4, 0.5) is 5.82 Å². The van der Waals surface area contributed by atoms with Crippen LogP contribution in [0, 0.1) is 6.92 Å². The summed E-state index contributed by atoms with van der Waals surface area (Å²) in [4.78, 5) is 27.6. The van der Waals surface area contributed by atoms with Crippen molar-refractivity contribution in [1.29, 1.82) is 0 Å². The molecule has 1 amide bonds. The predicted octanol–water partition coefficient (Wildman–Crippen LogP) is 4.03. The Balaban J connectivity index is 1.95. The third-order valence-corrected chi connectivity index (χ3v) is 5.48. The van der Waals surface area contributed by atoms with Gasteiger partial charge in [0.1, 0.15) is 34.8 Å². The summed E-state index contributed by atoms with van der Waals surface area (Å²) in [5, 5.41) is 15.2. The molecule has 0 aliphatic carbocycles. The molecule has 176 valence electrons. The predicted molar refractivity (Wildman–Crippen MR) is 123 cm³/mol. The summed E-state index contributed by atoms with van der Waals surface area (Å²) in [5.74, 6) is 0.0504. The van der Waals surface area contributed by atoms with E-state index in [1.54, 1.807) is 55.5 Å². The Morgan fingerprint density at radius 1 is 1.06 bits per heavy atom. The highest BCUT2D eigenvalue weighted by Gasteiger charge is 2.49. The maximum atomic E-state index is 13.3. The number of hydrogen-bond donors (Lipinski definition) is 1. The van der Waals surface area contributed by atoms with E-state index in [0.717, 1.165) is 0 Å². The van der Waals surface area contributed by atoms with E-state index >= 15 is 0 Å². The Labute approximate surface area is 196 Å². The van der Waals surface area contributed by atoms with Gasteiger partial charge in [-0.25, -0.2) is 0 Å². The number of nitrogens with zero attached hydrogens (tertiary/aromatic N) is 2. The fourth-order valence-corrected chi connectivity index (χ4v) is 3.91. The van der Waals surface area contributed by atoms with Gasteiger partial charge in [-0.05, 0) is 56.3 Å². The van der Waals surface area contributed by atoms with Gasteiger partial charge in [0, 0.05) is 17.2 Å². The third-order valence-electron chi connectivity index (χ3n) is 5.48. The highest BCUT2D eigenvalue weighted by atomic mass is 16.5. The van der Waals surface area contributed by atoms with Gasteiger partial charge in [0.05, 0.1) is 26.4 Å². The van der Waals surface area contributed by atoms with Crippen molar-refractivity contribution in [2.75, 3.05) is 25.7 Å². The number of amides is 1. The van der Waals surface area contributed by atoms with Crippen molar-refractivity contribution in [1.82, 2.24) is 5.16 Å². The molecule has 0 spiro atoms. The van der Waals surface area contributed by atoms with E-state index in [9.17, 15) is 14.7 Å². The minimum atomic E-state index is -1.04. The molecule has 1 aliphatic heterocycles. The third kappa shape index (κ3) is 3.96. The Morgan fingerprint density at radius 3 is 2.35 bits per heavy atom. The molecule has 34 heavy (non-hydrogen) atoms. The van der Waals surface area contributed by atoms with Crippen molar-refractivity contribution in [2.45, 2.75) is 19.9 Å². The Kier molecular flexibility index (Phi) is 6.27. The number of hydrogen-bond acceptors (Lipinski definition) is 8. The number of carbonyl (C=O) groups excluding carboxylic acids is 2. The number of benzene rings is 2. The molecule has 1 aromatic heterocycles. The van der Waals surface area contributed by atoms with Crippen LogP contribution in [0.1, 0.15) is 29.9 Å². The zero-order valence-corrected chi connectivity index (χ0v) is 19.2. The second-order valence-corrected chi connectivity index (χ2v) is 7.53. The summed E-state index contributed by atoms with van der Waals surface area (Å²) >= 11 is 0. The van der Waals surface area contributed by atoms with E-state index in [0.29, 0.717) is 40.7 Å². The van der Waals surface area contributed by atoms with Crippen LogP contribution in [0.3, 0.4) is 0 Å². The first-order chi connectivity index (χ1) is 16.4. The molecule has 1 atom stereocenters. The van der Waals surface area contributed by atoms with Crippen LogP contribution in [0.25, 0.3) is 5.76 Å².